The highest BCUT2D eigenvalue weighted by atomic mass is 32.2. The van der Waals surface area contributed by atoms with Crippen LogP contribution in [0.3, 0.4) is 0 Å². The summed E-state index contributed by atoms with van der Waals surface area (Å²) in [6, 6.07) is 9.45. The molecule has 0 N–H and O–H groups in total. The summed E-state index contributed by atoms with van der Waals surface area (Å²) >= 11 is 0. The highest BCUT2D eigenvalue weighted by Gasteiger charge is 2.65. The Bertz CT molecular complexity index is 1240. The Balaban J connectivity index is 1.47. The third kappa shape index (κ3) is 3.34. The molecule has 0 spiro atoms. The molecule has 5 aliphatic rings. The van der Waals surface area contributed by atoms with E-state index in [0.717, 1.165) is 43.2 Å². The highest BCUT2D eigenvalue weighted by Crippen LogP contribution is 2.70. The van der Waals surface area contributed by atoms with Gasteiger partial charge < -0.3 is 0 Å². The maximum Gasteiger partial charge on any atom is 0.297 e. The number of ketones is 1. The van der Waals surface area contributed by atoms with Crippen LogP contribution in [0.15, 0.2) is 40.8 Å². The molecule has 4 saturated carbocycles. The molecule has 4 bridgehead atoms. The summed E-state index contributed by atoms with van der Waals surface area (Å²) < 4.78 is 33.1. The Kier molecular flexibility index (Phi) is 5.20. The van der Waals surface area contributed by atoms with Gasteiger partial charge in [-0.15, -0.1) is 0 Å². The zero-order chi connectivity index (χ0) is 24.8. The van der Waals surface area contributed by atoms with Gasteiger partial charge in [-0.3, -0.25) is 8.98 Å². The number of hydrogen-bond donors (Lipinski definition) is 0. The minimum absolute atomic E-state index is 0.0160. The van der Waals surface area contributed by atoms with Crippen LogP contribution < -0.4 is 0 Å². The summed E-state index contributed by atoms with van der Waals surface area (Å²) in [7, 11) is -3.98. The number of carbonyl (C=O) groups excluding carboxylic acids is 1. The van der Waals surface area contributed by atoms with Gasteiger partial charge in [0.1, 0.15) is 0 Å². The van der Waals surface area contributed by atoms with Gasteiger partial charge in [0.25, 0.3) is 10.1 Å². The van der Waals surface area contributed by atoms with E-state index in [1.807, 2.05) is 13.0 Å². The summed E-state index contributed by atoms with van der Waals surface area (Å²) in [4.78, 5) is 12.8. The maximum absolute atomic E-state index is 13.5. The molecule has 0 radical (unpaired) electrons. The van der Waals surface area contributed by atoms with Crippen molar-refractivity contribution in [1.29, 1.82) is 5.26 Å². The molecule has 0 aliphatic heterocycles. The van der Waals surface area contributed by atoms with Gasteiger partial charge in [0.15, 0.2) is 5.78 Å². The van der Waals surface area contributed by atoms with E-state index in [-0.39, 0.29) is 39.3 Å². The van der Waals surface area contributed by atoms with E-state index in [1.165, 1.54) is 0 Å². The fourth-order valence-electron chi connectivity index (χ4n) is 9.20. The third-order valence-electron chi connectivity index (χ3n) is 10.9. The number of fused-ring (bicyclic) bond motifs is 5. The Morgan fingerprint density at radius 3 is 2.51 bits per heavy atom. The fourth-order valence-corrected chi connectivity index (χ4v) is 10.3. The Morgan fingerprint density at radius 2 is 1.80 bits per heavy atom. The number of nitriles is 1. The molecule has 186 valence electrons. The molecule has 4 fully saturated rings. The molecular weight excluding hydrogens is 458 g/mol. The predicted molar refractivity (Wildman–Crippen MR) is 131 cm³/mol. The van der Waals surface area contributed by atoms with Crippen LogP contribution >= 0.6 is 0 Å². The highest BCUT2D eigenvalue weighted by molar-refractivity contribution is 7.86. The molecule has 6 rings (SSSR count). The van der Waals surface area contributed by atoms with Crippen molar-refractivity contribution in [3.05, 3.63) is 41.5 Å². The summed E-state index contributed by atoms with van der Waals surface area (Å²) in [6.07, 6.45) is 7.23. The van der Waals surface area contributed by atoms with Crippen LogP contribution in [0.2, 0.25) is 0 Å². The van der Waals surface area contributed by atoms with Gasteiger partial charge >= 0.3 is 0 Å². The van der Waals surface area contributed by atoms with Gasteiger partial charge in [-0.1, -0.05) is 37.1 Å². The number of aryl methyl sites for hydroxylation is 1. The molecule has 0 saturated heterocycles. The summed E-state index contributed by atoms with van der Waals surface area (Å²) in [5.74, 6) is 1.52. The zero-order valence-electron chi connectivity index (χ0n) is 20.9. The smallest absolute Gasteiger partial charge is 0.295 e. The number of benzene rings is 1. The van der Waals surface area contributed by atoms with E-state index in [9.17, 15) is 18.5 Å². The standard InChI is InChI=1S/C29H35NO4S/c1-17-4-6-20(7-5-17)35(32,33)34-27-13-18-12-24-21-15-22(27)25-14-19(31)8-10-28(25,2)23(21)9-11-29(24,3)26(18)16-30/h4-7,14,18,21-24,26-27H,8-13,15H2,1-3H3/t18-,21?,22+,23+,24?,26+,27?,28-,29+/m1/s1. The second-order valence-electron chi connectivity index (χ2n) is 12.5. The van der Waals surface area contributed by atoms with Gasteiger partial charge in [-0.05, 0) is 98.2 Å². The average Bonchev–Trinajstić information content (AvgIpc) is 3.09. The Labute approximate surface area is 209 Å². The number of nitrogens with zero attached hydrogens (tertiary/aromatic N) is 1. The van der Waals surface area contributed by atoms with Crippen molar-refractivity contribution in [2.24, 2.45) is 46.3 Å². The van der Waals surface area contributed by atoms with Gasteiger partial charge in [-0.25, -0.2) is 0 Å². The lowest BCUT2D eigenvalue weighted by molar-refractivity contribution is -0.118. The van der Waals surface area contributed by atoms with Crippen LogP contribution in [0, 0.1) is 64.6 Å². The first kappa shape index (κ1) is 23.4. The van der Waals surface area contributed by atoms with Crippen molar-refractivity contribution in [3.8, 4) is 6.07 Å². The van der Waals surface area contributed by atoms with E-state index in [0.29, 0.717) is 30.6 Å². The molecule has 5 nitrogen and oxygen atoms in total. The minimum Gasteiger partial charge on any atom is -0.295 e. The molecule has 6 heteroatoms. The first-order valence-electron chi connectivity index (χ1n) is 13.2. The number of rotatable bonds is 3. The molecule has 35 heavy (non-hydrogen) atoms. The SMILES string of the molecule is Cc1ccc(S(=O)(=O)OC2C[C@H]3CC4C5C[C@H]2C2=CC(=O)CC[C@]2(C)[C@H]5CC[C@]4(C)[C@H]3C#N)cc1. The van der Waals surface area contributed by atoms with Crippen LogP contribution in [0.4, 0.5) is 0 Å². The van der Waals surface area contributed by atoms with Gasteiger partial charge in [0.2, 0.25) is 0 Å². The van der Waals surface area contributed by atoms with E-state index in [1.54, 1.807) is 24.3 Å². The van der Waals surface area contributed by atoms with Crippen molar-refractivity contribution in [2.45, 2.75) is 76.7 Å². The summed E-state index contributed by atoms with van der Waals surface area (Å²) in [5, 5.41) is 10.3. The molecule has 9 atom stereocenters. The van der Waals surface area contributed by atoms with Crippen LogP contribution in [-0.2, 0) is 19.1 Å². The largest absolute Gasteiger partial charge is 0.297 e. The first-order chi connectivity index (χ1) is 16.6. The van der Waals surface area contributed by atoms with Gasteiger partial charge in [0.05, 0.1) is 23.0 Å². The third-order valence-corrected chi connectivity index (χ3v) is 12.3. The van der Waals surface area contributed by atoms with Crippen molar-refractivity contribution in [3.63, 3.8) is 0 Å². The fraction of sp³-hybridized carbons (Fsp3) is 0.655. The van der Waals surface area contributed by atoms with E-state index in [4.69, 9.17) is 4.18 Å². The molecule has 0 aromatic heterocycles. The van der Waals surface area contributed by atoms with Crippen molar-refractivity contribution in [2.75, 3.05) is 0 Å². The second kappa shape index (κ2) is 7.76. The van der Waals surface area contributed by atoms with Gasteiger partial charge in [0, 0.05) is 12.3 Å². The quantitative estimate of drug-likeness (QED) is 0.512. The molecule has 0 amide bonds. The van der Waals surface area contributed by atoms with E-state index >= 15 is 0 Å². The zero-order valence-corrected chi connectivity index (χ0v) is 21.7. The molecule has 3 unspecified atom stereocenters. The molecular formula is C29H35NO4S. The molecule has 1 aromatic rings. The van der Waals surface area contributed by atoms with Crippen molar-refractivity contribution < 1.29 is 17.4 Å². The van der Waals surface area contributed by atoms with Crippen molar-refractivity contribution in [1.82, 2.24) is 0 Å². The molecule has 0 heterocycles. The number of carbonyl (C=O) groups is 1. The van der Waals surface area contributed by atoms with Crippen molar-refractivity contribution >= 4 is 15.9 Å². The topological polar surface area (TPSA) is 84.2 Å². The average molecular weight is 494 g/mol. The maximum atomic E-state index is 13.5. The van der Waals surface area contributed by atoms with Crippen LogP contribution in [0.25, 0.3) is 0 Å². The van der Waals surface area contributed by atoms with E-state index < -0.39 is 16.2 Å². The van der Waals surface area contributed by atoms with Crippen LogP contribution in [0.5, 0.6) is 0 Å². The summed E-state index contributed by atoms with van der Waals surface area (Å²) in [6.45, 7) is 6.56. The lowest BCUT2D eigenvalue weighted by Gasteiger charge is -2.60. The Morgan fingerprint density at radius 1 is 1.06 bits per heavy atom. The first-order valence-corrected chi connectivity index (χ1v) is 14.6. The van der Waals surface area contributed by atoms with E-state index in [2.05, 4.69) is 19.9 Å². The predicted octanol–water partition coefficient (Wildman–Crippen LogP) is 5.60. The lowest BCUT2D eigenvalue weighted by atomic mass is 9.44. The molecule has 5 aliphatic carbocycles. The molecule has 1 aromatic carbocycles. The Hall–Kier alpha value is -1.97. The van der Waals surface area contributed by atoms with Gasteiger partial charge in [-0.2, -0.15) is 13.7 Å². The van der Waals surface area contributed by atoms with Crippen LogP contribution in [-0.4, -0.2) is 20.3 Å². The second-order valence-corrected chi connectivity index (χ2v) is 14.1. The minimum atomic E-state index is -3.98. The number of hydrogen-bond acceptors (Lipinski definition) is 5. The monoisotopic (exact) mass is 493 g/mol. The lowest BCUT2D eigenvalue weighted by Crippen LogP contribution is -2.54. The normalized spacial score (nSPS) is 44.1. The summed E-state index contributed by atoms with van der Waals surface area (Å²) in [5.41, 5.74) is 2.00. The van der Waals surface area contributed by atoms with Crippen LogP contribution in [0.1, 0.15) is 64.4 Å².